The zero-order valence-corrected chi connectivity index (χ0v) is 16.7. The molecular formula is C21H12ClF2N3O2S. The summed E-state index contributed by atoms with van der Waals surface area (Å²) in [5, 5.41) is 2.18. The van der Waals surface area contributed by atoms with Crippen LogP contribution in [0.1, 0.15) is 17.2 Å². The molecule has 3 aromatic rings. The average molecular weight is 444 g/mol. The third-order valence-electron chi connectivity index (χ3n) is 5.09. The molecule has 1 saturated heterocycles. The Morgan fingerprint density at radius 2 is 1.93 bits per heavy atom. The zero-order chi connectivity index (χ0) is 21.0. The Balaban J connectivity index is 1.59. The summed E-state index contributed by atoms with van der Waals surface area (Å²) in [7, 11) is 0. The molecule has 3 amide bonds. The van der Waals surface area contributed by atoms with Crippen LogP contribution in [-0.4, -0.2) is 18.2 Å². The SMILES string of the molecule is O=C1NC(=O)N(c2ccc3c(c2)N=CC3)C1c1ccc(-c2ccc(Cl)s2)c(F)c1F. The molecule has 0 saturated carbocycles. The Hall–Kier alpha value is -3.10. The molecule has 0 radical (unpaired) electrons. The number of nitrogens with one attached hydrogen (secondary N) is 1. The van der Waals surface area contributed by atoms with Crippen molar-refractivity contribution in [1.29, 1.82) is 0 Å². The first kappa shape index (κ1) is 18.9. The summed E-state index contributed by atoms with van der Waals surface area (Å²) >= 11 is 7.01. The molecule has 1 aromatic heterocycles. The quantitative estimate of drug-likeness (QED) is 0.551. The Morgan fingerprint density at radius 1 is 1.10 bits per heavy atom. The number of halogens is 3. The van der Waals surface area contributed by atoms with Gasteiger partial charge < -0.3 is 0 Å². The van der Waals surface area contributed by atoms with Gasteiger partial charge in [-0.2, -0.15) is 0 Å². The number of fused-ring (bicyclic) bond motifs is 1. The largest absolute Gasteiger partial charge is 0.329 e. The van der Waals surface area contributed by atoms with Crippen molar-refractivity contribution in [1.82, 2.24) is 5.32 Å². The molecule has 3 heterocycles. The van der Waals surface area contributed by atoms with Gasteiger partial charge in [-0.15, -0.1) is 11.3 Å². The summed E-state index contributed by atoms with van der Waals surface area (Å²) in [5.74, 6) is -3.01. The van der Waals surface area contributed by atoms with Crippen LogP contribution in [-0.2, 0) is 11.2 Å². The second-order valence-electron chi connectivity index (χ2n) is 6.83. The van der Waals surface area contributed by atoms with Gasteiger partial charge in [0.2, 0.25) is 0 Å². The van der Waals surface area contributed by atoms with E-state index in [1.54, 1.807) is 36.5 Å². The van der Waals surface area contributed by atoms with Gasteiger partial charge in [-0.25, -0.2) is 13.6 Å². The van der Waals surface area contributed by atoms with Crippen LogP contribution in [0.25, 0.3) is 10.4 Å². The Kier molecular flexibility index (Phi) is 4.41. The van der Waals surface area contributed by atoms with E-state index < -0.39 is 29.6 Å². The normalized spacial score (nSPS) is 17.6. The van der Waals surface area contributed by atoms with E-state index in [1.807, 2.05) is 0 Å². The van der Waals surface area contributed by atoms with Crippen molar-refractivity contribution in [2.24, 2.45) is 4.99 Å². The first-order valence-electron chi connectivity index (χ1n) is 8.97. The highest BCUT2D eigenvalue weighted by Crippen LogP contribution is 2.39. The highest BCUT2D eigenvalue weighted by Gasteiger charge is 2.42. The molecule has 0 spiro atoms. The molecule has 1 unspecified atom stereocenters. The molecule has 9 heteroatoms. The highest BCUT2D eigenvalue weighted by atomic mass is 35.5. The molecule has 2 aromatic carbocycles. The van der Waals surface area contributed by atoms with E-state index >= 15 is 4.39 Å². The van der Waals surface area contributed by atoms with Crippen LogP contribution in [0.15, 0.2) is 47.5 Å². The molecule has 1 atom stereocenters. The number of nitrogens with zero attached hydrogens (tertiary/aromatic N) is 2. The van der Waals surface area contributed by atoms with E-state index in [-0.39, 0.29) is 11.1 Å². The number of hydrogen-bond acceptors (Lipinski definition) is 4. The van der Waals surface area contributed by atoms with Gasteiger partial charge in [0.15, 0.2) is 11.6 Å². The lowest BCUT2D eigenvalue weighted by Gasteiger charge is -2.23. The number of anilines is 1. The van der Waals surface area contributed by atoms with E-state index in [0.717, 1.165) is 21.8 Å². The highest BCUT2D eigenvalue weighted by molar-refractivity contribution is 7.19. The first-order valence-corrected chi connectivity index (χ1v) is 10.2. The van der Waals surface area contributed by atoms with Crippen LogP contribution in [0, 0.1) is 11.6 Å². The lowest BCUT2D eigenvalue weighted by molar-refractivity contribution is -0.120. The second-order valence-corrected chi connectivity index (χ2v) is 8.54. The maximum atomic E-state index is 15.1. The van der Waals surface area contributed by atoms with Crippen molar-refractivity contribution in [3.05, 3.63) is 69.6 Å². The Morgan fingerprint density at radius 3 is 2.70 bits per heavy atom. The number of rotatable bonds is 3. The van der Waals surface area contributed by atoms with E-state index in [0.29, 0.717) is 27.0 Å². The van der Waals surface area contributed by atoms with Crippen LogP contribution in [0.4, 0.5) is 25.0 Å². The average Bonchev–Trinajstić information content (AvgIpc) is 3.42. The van der Waals surface area contributed by atoms with E-state index in [4.69, 9.17) is 11.6 Å². The van der Waals surface area contributed by atoms with E-state index in [1.165, 1.54) is 12.1 Å². The number of imide groups is 1. The molecule has 30 heavy (non-hydrogen) atoms. The van der Waals surface area contributed by atoms with Crippen LogP contribution in [0.3, 0.4) is 0 Å². The lowest BCUT2D eigenvalue weighted by atomic mass is 10.0. The second kappa shape index (κ2) is 7.00. The molecule has 1 fully saturated rings. The summed E-state index contributed by atoms with van der Waals surface area (Å²) in [6, 6.07) is 8.96. The number of carbonyl (C=O) groups is 2. The van der Waals surface area contributed by atoms with Crippen molar-refractivity contribution in [2.45, 2.75) is 12.5 Å². The fraction of sp³-hybridized carbons (Fsp3) is 0.0952. The monoisotopic (exact) mass is 443 g/mol. The van der Waals surface area contributed by atoms with Crippen LogP contribution in [0.2, 0.25) is 4.34 Å². The zero-order valence-electron chi connectivity index (χ0n) is 15.2. The fourth-order valence-electron chi connectivity index (χ4n) is 3.68. The minimum Gasteiger partial charge on any atom is -0.277 e. The van der Waals surface area contributed by atoms with E-state index in [9.17, 15) is 14.0 Å². The summed E-state index contributed by atoms with van der Waals surface area (Å²) in [6.07, 6.45) is 2.42. The summed E-state index contributed by atoms with van der Waals surface area (Å²) in [5.41, 5.74) is 1.84. The number of amides is 3. The maximum Gasteiger partial charge on any atom is 0.329 e. The third-order valence-corrected chi connectivity index (χ3v) is 6.35. The number of aliphatic imine (C=N–C) groups is 1. The predicted molar refractivity (Wildman–Crippen MR) is 112 cm³/mol. The van der Waals surface area contributed by atoms with Crippen molar-refractivity contribution in [2.75, 3.05) is 4.90 Å². The van der Waals surface area contributed by atoms with Crippen molar-refractivity contribution in [3.8, 4) is 10.4 Å². The van der Waals surface area contributed by atoms with Gasteiger partial charge in [0, 0.05) is 34.3 Å². The Bertz CT molecular complexity index is 1260. The number of carbonyl (C=O) groups excluding carboxylic acids is 2. The maximum absolute atomic E-state index is 15.1. The van der Waals surface area contributed by atoms with Crippen molar-refractivity contribution < 1.29 is 18.4 Å². The molecule has 0 aliphatic carbocycles. The predicted octanol–water partition coefficient (Wildman–Crippen LogP) is 5.40. The summed E-state index contributed by atoms with van der Waals surface area (Å²) in [4.78, 5) is 30.8. The van der Waals surface area contributed by atoms with Crippen molar-refractivity contribution >= 4 is 52.5 Å². The lowest BCUT2D eigenvalue weighted by Crippen LogP contribution is -2.30. The summed E-state index contributed by atoms with van der Waals surface area (Å²) in [6.45, 7) is 0. The van der Waals surface area contributed by atoms with Gasteiger partial charge in [-0.1, -0.05) is 29.8 Å². The summed E-state index contributed by atoms with van der Waals surface area (Å²) < 4.78 is 30.4. The Labute approximate surface area is 178 Å². The molecule has 150 valence electrons. The molecule has 2 aliphatic rings. The standard InChI is InChI=1S/C21H12ClF2N3O2S/c22-16-6-5-15(30-16)12-3-4-13(18(24)17(12)23)19-20(28)26-21(29)27(19)11-2-1-10-7-8-25-14(10)9-11/h1-6,8-9,19H,7H2,(H,26,28,29). The van der Waals surface area contributed by atoms with E-state index in [2.05, 4.69) is 10.3 Å². The molecule has 0 bridgehead atoms. The number of thiophene rings is 1. The smallest absolute Gasteiger partial charge is 0.277 e. The number of hydrogen-bond donors (Lipinski definition) is 1. The minimum atomic E-state index is -1.34. The molecular weight excluding hydrogens is 432 g/mol. The van der Waals surface area contributed by atoms with Gasteiger partial charge in [-0.3, -0.25) is 20.0 Å². The molecule has 5 nitrogen and oxygen atoms in total. The van der Waals surface area contributed by atoms with Crippen LogP contribution >= 0.6 is 22.9 Å². The van der Waals surface area contributed by atoms with Crippen LogP contribution < -0.4 is 10.2 Å². The van der Waals surface area contributed by atoms with Crippen LogP contribution in [0.5, 0.6) is 0 Å². The minimum absolute atomic E-state index is 0.0382. The molecule has 1 N–H and O–H groups in total. The van der Waals surface area contributed by atoms with Gasteiger partial charge in [0.25, 0.3) is 5.91 Å². The van der Waals surface area contributed by atoms with Gasteiger partial charge in [0.1, 0.15) is 6.04 Å². The van der Waals surface area contributed by atoms with Crippen molar-refractivity contribution in [3.63, 3.8) is 0 Å². The third kappa shape index (κ3) is 2.91. The molecule has 5 rings (SSSR count). The first-order chi connectivity index (χ1) is 14.4. The number of urea groups is 1. The van der Waals surface area contributed by atoms with Gasteiger partial charge in [-0.05, 0) is 29.8 Å². The van der Waals surface area contributed by atoms with Gasteiger partial charge >= 0.3 is 6.03 Å². The topological polar surface area (TPSA) is 61.8 Å². The molecule has 2 aliphatic heterocycles. The number of benzene rings is 2. The fourth-order valence-corrected chi connectivity index (χ4v) is 4.74. The van der Waals surface area contributed by atoms with Gasteiger partial charge in [0.05, 0.1) is 10.0 Å².